The lowest BCUT2D eigenvalue weighted by Crippen LogP contribution is -2.42. The van der Waals surface area contributed by atoms with E-state index in [9.17, 15) is 18.3 Å². The number of nitrogens with zero attached hydrogens (tertiary/aromatic N) is 15. The van der Waals surface area contributed by atoms with E-state index >= 15 is 0 Å². The van der Waals surface area contributed by atoms with Crippen LogP contribution in [0.15, 0.2) is 133 Å². The largest absolute Gasteiger partial charge is 0.496 e. The lowest BCUT2D eigenvalue weighted by atomic mass is 8.97. The van der Waals surface area contributed by atoms with Crippen molar-refractivity contribution in [3.05, 3.63) is 207 Å². The highest BCUT2D eigenvalue weighted by atomic mass is 79.9. The average Bonchev–Trinajstić information content (AvgIpc) is 1.62. The molecule has 0 amide bonds. The van der Waals surface area contributed by atoms with Crippen molar-refractivity contribution in [2.24, 2.45) is 0 Å². The van der Waals surface area contributed by atoms with Crippen LogP contribution in [-0.2, 0) is 78.6 Å². The van der Waals surface area contributed by atoms with Crippen molar-refractivity contribution in [3.8, 4) is 39.5 Å². The molecule has 0 saturated carbocycles. The first-order chi connectivity index (χ1) is 52.3. The molecule has 0 bridgehead atoms. The summed E-state index contributed by atoms with van der Waals surface area (Å²) in [7, 11) is 13.6. The van der Waals surface area contributed by atoms with Gasteiger partial charge in [0, 0.05) is 174 Å². The molecule has 16 rings (SSSR count). The third kappa shape index (κ3) is 17.9. The first-order valence-corrected chi connectivity index (χ1v) is 39.5. The van der Waals surface area contributed by atoms with Gasteiger partial charge in [-0.15, -0.1) is 30.6 Å². The lowest BCUT2D eigenvalue weighted by Gasteiger charge is -2.36. The maximum Gasteiger partial charge on any atom is 0.496 e. The van der Waals surface area contributed by atoms with Gasteiger partial charge in [0.2, 0.25) is 11.9 Å². The molecule has 110 heavy (non-hydrogen) atoms. The molecule has 4 aliphatic heterocycles. The second kappa shape index (κ2) is 35.2. The molecule has 24 nitrogen and oxygen atoms in total. The maximum atomic E-state index is 14.5. The van der Waals surface area contributed by atoms with Gasteiger partial charge in [0.15, 0.2) is 25.3 Å². The Hall–Kier alpha value is -9.52. The molecule has 35 heteroatoms. The molecule has 0 aliphatic carbocycles. The predicted molar refractivity (Wildman–Crippen MR) is 428 cm³/mol. The summed E-state index contributed by atoms with van der Waals surface area (Å²) in [5.41, 5.74) is 12.7. The van der Waals surface area contributed by atoms with E-state index in [1.165, 1.54) is 31.6 Å². The number of anilines is 2. The zero-order chi connectivity index (χ0) is 77.4. The van der Waals surface area contributed by atoms with E-state index in [1.807, 2.05) is 40.9 Å². The van der Waals surface area contributed by atoms with E-state index < -0.39 is 21.8 Å². The minimum Gasteiger partial charge on any atom is -0.493 e. The summed E-state index contributed by atoms with van der Waals surface area (Å²) >= 11 is 3.37. The third-order valence-corrected chi connectivity index (χ3v) is 25.2. The fourth-order valence-corrected chi connectivity index (χ4v) is 13.8. The van der Waals surface area contributed by atoms with Crippen LogP contribution in [0.5, 0.6) is 17.2 Å². The van der Waals surface area contributed by atoms with Crippen molar-refractivity contribution < 1.29 is 46.2 Å². The Labute approximate surface area is 652 Å². The molecule has 13 heterocycles. The van der Waals surface area contributed by atoms with E-state index in [0.717, 1.165) is 103 Å². The highest BCUT2D eigenvalue weighted by molar-refractivity contribution is 9.10. The number of aliphatic hydroxyl groups is 1. The van der Waals surface area contributed by atoms with Crippen LogP contribution in [0.1, 0.15) is 119 Å². The SMILES string of the molecule is C.CC1(C)OB(c2cccnc2CO[Si](C)(C)C(C)(C)C)OC1(C)C.CCc1ncccc1-c1cnc(CCc2c(F)ccc3c2CCO3)n2cnnc12.Fc1ccc2c(c1CNc1ncc(Br)c3nncn13)CCO2.OCc1ncccc1-c1cnc(NCc2c(F)ccc3c2CCO3)n2cnnc12.[B][B]B([B])[B]. The molecule has 3 aromatic carbocycles. The number of aliphatic hydroxyl groups excluding tert-OH is 1. The molecule has 9 aromatic heterocycles. The number of benzene rings is 3. The number of rotatable bonds is 18. The van der Waals surface area contributed by atoms with Gasteiger partial charge in [0.1, 0.15) is 59.5 Å². The van der Waals surface area contributed by atoms with E-state index in [0.29, 0.717) is 103 Å². The summed E-state index contributed by atoms with van der Waals surface area (Å²) in [6.07, 6.45) is 18.7. The Morgan fingerprint density at radius 3 is 1.57 bits per heavy atom. The molecule has 0 spiro atoms. The number of aromatic nitrogens is 15. The fourth-order valence-electron chi connectivity index (χ4n) is 12.5. The van der Waals surface area contributed by atoms with Crippen LogP contribution in [0.25, 0.3) is 39.2 Å². The summed E-state index contributed by atoms with van der Waals surface area (Å²) < 4.78 is 84.3. The molecule has 1 saturated heterocycles. The molecular formula is C75H84B6BrF3N17O7Si. The van der Waals surface area contributed by atoms with Crippen LogP contribution in [0, 0.1) is 17.5 Å². The van der Waals surface area contributed by atoms with Gasteiger partial charge in [0.05, 0.1) is 60.1 Å². The van der Waals surface area contributed by atoms with E-state index in [4.69, 9.17) is 51.2 Å². The number of hydrogen-bond acceptors (Lipinski definition) is 21. The molecule has 3 N–H and O–H groups in total. The Morgan fingerprint density at radius 1 is 0.609 bits per heavy atom. The average molecular weight is 1570 g/mol. The number of halogens is 4. The van der Waals surface area contributed by atoms with Crippen LogP contribution in [0.2, 0.25) is 18.1 Å². The summed E-state index contributed by atoms with van der Waals surface area (Å²) in [5.74, 6) is 3.42. The van der Waals surface area contributed by atoms with Crippen molar-refractivity contribution in [2.45, 2.75) is 157 Å². The summed E-state index contributed by atoms with van der Waals surface area (Å²) in [5, 5.41) is 40.5. The van der Waals surface area contributed by atoms with Crippen molar-refractivity contribution in [2.75, 3.05) is 30.5 Å². The number of aryl methyl sites for hydroxylation is 2. The number of fused-ring (bicyclic) bond motifs is 6. The van der Waals surface area contributed by atoms with Gasteiger partial charge in [-0.25, -0.2) is 28.1 Å². The smallest absolute Gasteiger partial charge is 0.493 e. The quantitative estimate of drug-likeness (QED) is 0.0674. The monoisotopic (exact) mass is 1560 g/mol. The van der Waals surface area contributed by atoms with Crippen LogP contribution in [-0.4, -0.2) is 162 Å². The van der Waals surface area contributed by atoms with Gasteiger partial charge in [-0.3, -0.25) is 28.2 Å². The first-order valence-electron chi connectivity index (χ1n) is 35.8. The number of nitrogens with one attached hydrogen (secondary N) is 2. The second-order valence-electron chi connectivity index (χ2n) is 28.6. The zero-order valence-corrected chi connectivity index (χ0v) is 65.0. The van der Waals surface area contributed by atoms with Gasteiger partial charge in [0.25, 0.3) is 0 Å². The van der Waals surface area contributed by atoms with Crippen molar-refractivity contribution in [1.82, 2.24) is 73.7 Å². The third-order valence-electron chi connectivity index (χ3n) is 20.2. The second-order valence-corrected chi connectivity index (χ2v) is 34.2. The van der Waals surface area contributed by atoms with Crippen LogP contribution in [0.4, 0.5) is 25.1 Å². The highest BCUT2D eigenvalue weighted by Gasteiger charge is 2.52. The first kappa shape index (κ1) is 81.5. The summed E-state index contributed by atoms with van der Waals surface area (Å²) in [4.78, 5) is 26.6. The molecular weight excluding hydrogens is 1480 g/mol. The Bertz CT molecular complexity index is 5010. The molecule has 4 aliphatic rings. The Kier molecular flexibility index (Phi) is 26.1. The highest BCUT2D eigenvalue weighted by Crippen LogP contribution is 2.40. The standard InChI is InChI=1S/C22H20FN5O.C20H17FN6O2.C18H32BNO3Si.C14H11BrFN5O.CH4.B5/c1-2-19-15(4-3-10-24-19)17-12-25-21(28-13-26-27-22(17)28)8-5-14-16-9-11-29-20(16)7-6-18(14)23;21-16-3-4-18-13(5-7-29-18)14(16)8-23-20-24-9-15(19-26-25-11-27(19)20)12-2-1-6-22-17(12)10-28;1-16(2,3)24(8,9)21-13-15-14(11-10-12-20-15)19-22-17(4,5)18(6,7)23-19;15-10-6-18-14(21-7-19-20-13(10)21)17-5-9-8-3-4-22-12(8)2-1-11(9)16;;1-4-5(2)3/h3-4,6-7,10,12-13H,2,5,8-9,11H2,1H3;1-4,6,9,11,28H,5,7-8,10H2,(H,23,24);10-12H,13H2,1-9H3;1-2,6-7H,3-5H2,(H,17,18);1H4;. The van der Waals surface area contributed by atoms with Crippen LogP contribution < -0.4 is 30.3 Å². The van der Waals surface area contributed by atoms with E-state index in [-0.39, 0.29) is 54.3 Å². The Morgan fingerprint density at radius 2 is 1.05 bits per heavy atom. The van der Waals surface area contributed by atoms with Gasteiger partial charge in [-0.05, 0) is 135 Å². The topological polar surface area (TPSA) is 268 Å². The number of ether oxygens (including phenoxy) is 3. The normalized spacial score (nSPS) is 14.2. The van der Waals surface area contributed by atoms with Crippen LogP contribution in [0.3, 0.4) is 0 Å². The summed E-state index contributed by atoms with van der Waals surface area (Å²) in [6.45, 7) is 24.2. The van der Waals surface area contributed by atoms with E-state index in [2.05, 4.69) is 156 Å². The molecule has 0 atom stereocenters. The summed E-state index contributed by atoms with van der Waals surface area (Å²) in [6, 6.07) is 20.9. The van der Waals surface area contributed by atoms with Crippen LogP contribution >= 0.6 is 15.9 Å². The maximum absolute atomic E-state index is 14.5. The molecule has 1 fully saturated rings. The molecule has 7 radical (unpaired) electrons. The zero-order valence-electron chi connectivity index (χ0n) is 62.4. The van der Waals surface area contributed by atoms with Crippen molar-refractivity contribution in [1.29, 1.82) is 0 Å². The van der Waals surface area contributed by atoms with Gasteiger partial charge in [-0.2, -0.15) is 0 Å². The van der Waals surface area contributed by atoms with Gasteiger partial charge >= 0.3 is 7.12 Å². The predicted octanol–water partition coefficient (Wildman–Crippen LogP) is 11.2. The lowest BCUT2D eigenvalue weighted by molar-refractivity contribution is 0.00578. The number of hydrogen-bond donors (Lipinski definition) is 3. The van der Waals surface area contributed by atoms with Crippen molar-refractivity contribution >= 4 is 102 Å². The molecule has 0 unspecified atom stereocenters. The minimum atomic E-state index is -1.83. The minimum absolute atomic E-state index is 0. The Balaban J connectivity index is 0.000000143. The fraction of sp³-hybridized carbons (Fsp3) is 0.360. The number of pyridine rings is 3. The molecule has 561 valence electrons. The van der Waals surface area contributed by atoms with Gasteiger partial charge < -0.3 is 43.7 Å². The van der Waals surface area contributed by atoms with Crippen molar-refractivity contribution in [3.63, 3.8) is 0 Å². The molecule has 12 aromatic rings. The van der Waals surface area contributed by atoms with E-state index in [1.54, 1.807) is 76.7 Å². The van der Waals surface area contributed by atoms with Gasteiger partial charge in [-0.1, -0.05) is 53.3 Å².